The summed E-state index contributed by atoms with van der Waals surface area (Å²) >= 11 is 0. The van der Waals surface area contributed by atoms with Crippen LogP contribution < -0.4 is 0 Å². The Morgan fingerprint density at radius 2 is 2.18 bits per heavy atom. The third kappa shape index (κ3) is 4.29. The van der Waals surface area contributed by atoms with Gasteiger partial charge in [0.2, 0.25) is 0 Å². The molecule has 98 valence electrons. The van der Waals surface area contributed by atoms with Crippen LogP contribution in [0.15, 0.2) is 23.3 Å². The molecule has 1 aliphatic rings. The molecular formula is C15H26O2. The molecular weight excluding hydrogens is 212 g/mol. The molecule has 17 heavy (non-hydrogen) atoms. The van der Waals surface area contributed by atoms with Crippen LogP contribution in [-0.4, -0.2) is 21.9 Å². The van der Waals surface area contributed by atoms with E-state index in [2.05, 4.69) is 26.0 Å². The highest BCUT2D eigenvalue weighted by atomic mass is 16.3. The topological polar surface area (TPSA) is 40.5 Å². The molecule has 0 aromatic heterocycles. The third-order valence-electron chi connectivity index (χ3n) is 3.84. The lowest BCUT2D eigenvalue weighted by Crippen LogP contribution is -2.38. The zero-order chi connectivity index (χ0) is 13.1. The van der Waals surface area contributed by atoms with E-state index in [0.717, 1.165) is 24.8 Å². The Balaban J connectivity index is 2.56. The van der Waals surface area contributed by atoms with Crippen molar-refractivity contribution < 1.29 is 10.2 Å². The van der Waals surface area contributed by atoms with Crippen LogP contribution >= 0.6 is 0 Å². The van der Waals surface area contributed by atoms with Crippen molar-refractivity contribution >= 4 is 0 Å². The minimum Gasteiger partial charge on any atom is -0.390 e. The second-order valence-corrected chi connectivity index (χ2v) is 5.81. The molecule has 2 heteroatoms. The van der Waals surface area contributed by atoms with Crippen LogP contribution in [0.5, 0.6) is 0 Å². The lowest BCUT2D eigenvalue weighted by Gasteiger charge is -2.36. The Morgan fingerprint density at radius 1 is 1.53 bits per heavy atom. The number of hydrogen-bond donors (Lipinski definition) is 2. The third-order valence-corrected chi connectivity index (χ3v) is 3.84. The summed E-state index contributed by atoms with van der Waals surface area (Å²) in [6.07, 6.45) is 7.09. The molecule has 2 N–H and O–H groups in total. The van der Waals surface area contributed by atoms with Gasteiger partial charge in [-0.3, -0.25) is 0 Å². The van der Waals surface area contributed by atoms with E-state index in [1.165, 1.54) is 5.57 Å². The predicted octanol–water partition coefficient (Wildman–Crippen LogP) is 3.20. The minimum absolute atomic E-state index is 0.173. The quantitative estimate of drug-likeness (QED) is 0.738. The van der Waals surface area contributed by atoms with Gasteiger partial charge in [0.05, 0.1) is 11.7 Å². The van der Waals surface area contributed by atoms with Crippen LogP contribution in [-0.2, 0) is 0 Å². The molecule has 0 saturated heterocycles. The van der Waals surface area contributed by atoms with Crippen LogP contribution in [0.4, 0.5) is 0 Å². The average molecular weight is 238 g/mol. The Bertz CT molecular complexity index is 309. The largest absolute Gasteiger partial charge is 0.390 e. The zero-order valence-electron chi connectivity index (χ0n) is 11.5. The van der Waals surface area contributed by atoms with Gasteiger partial charge in [-0.1, -0.05) is 17.7 Å². The molecule has 0 aromatic rings. The van der Waals surface area contributed by atoms with Gasteiger partial charge in [0.15, 0.2) is 0 Å². The minimum atomic E-state index is -0.676. The molecule has 0 aromatic carbocycles. The van der Waals surface area contributed by atoms with Crippen molar-refractivity contribution in [2.75, 3.05) is 0 Å². The summed E-state index contributed by atoms with van der Waals surface area (Å²) in [7, 11) is 0. The Kier molecular flexibility index (Phi) is 4.96. The SMILES string of the molecule is CC(C)=CCCC(C)(O)[C@H]1CC=C(C)C(O)C1. The summed E-state index contributed by atoms with van der Waals surface area (Å²) in [4.78, 5) is 0. The van der Waals surface area contributed by atoms with E-state index in [9.17, 15) is 10.2 Å². The second-order valence-electron chi connectivity index (χ2n) is 5.81. The monoisotopic (exact) mass is 238 g/mol. The van der Waals surface area contributed by atoms with E-state index < -0.39 is 5.60 Å². The lowest BCUT2D eigenvalue weighted by atomic mass is 9.75. The summed E-state index contributed by atoms with van der Waals surface area (Å²) in [5.74, 6) is 0.173. The highest BCUT2D eigenvalue weighted by Crippen LogP contribution is 2.34. The van der Waals surface area contributed by atoms with Crippen LogP contribution in [0.1, 0.15) is 53.4 Å². The fourth-order valence-corrected chi connectivity index (χ4v) is 2.38. The molecule has 0 spiro atoms. The molecule has 0 fully saturated rings. The smallest absolute Gasteiger partial charge is 0.0751 e. The fraction of sp³-hybridized carbons (Fsp3) is 0.733. The maximum atomic E-state index is 10.5. The number of rotatable bonds is 4. The van der Waals surface area contributed by atoms with Crippen molar-refractivity contribution in [2.24, 2.45) is 5.92 Å². The summed E-state index contributed by atoms with van der Waals surface area (Å²) in [6.45, 7) is 8.01. The van der Waals surface area contributed by atoms with Gasteiger partial charge in [-0.25, -0.2) is 0 Å². The van der Waals surface area contributed by atoms with Gasteiger partial charge in [0, 0.05) is 0 Å². The number of aliphatic hydroxyl groups excluding tert-OH is 1. The van der Waals surface area contributed by atoms with E-state index >= 15 is 0 Å². The number of aliphatic hydroxyl groups is 2. The van der Waals surface area contributed by atoms with Gasteiger partial charge >= 0.3 is 0 Å². The molecule has 2 nitrogen and oxygen atoms in total. The molecule has 1 rings (SSSR count). The Labute approximate surface area is 105 Å². The summed E-state index contributed by atoms with van der Waals surface area (Å²) < 4.78 is 0. The van der Waals surface area contributed by atoms with Gasteiger partial charge < -0.3 is 10.2 Å². The first-order valence-electron chi connectivity index (χ1n) is 6.53. The van der Waals surface area contributed by atoms with Crippen LogP contribution in [0.25, 0.3) is 0 Å². The van der Waals surface area contributed by atoms with Crippen molar-refractivity contribution in [3.63, 3.8) is 0 Å². The van der Waals surface area contributed by atoms with Crippen molar-refractivity contribution in [3.8, 4) is 0 Å². The molecule has 0 aliphatic heterocycles. The van der Waals surface area contributed by atoms with Gasteiger partial charge in [-0.15, -0.1) is 0 Å². The number of allylic oxidation sites excluding steroid dienone is 3. The molecule has 1 aliphatic carbocycles. The maximum Gasteiger partial charge on any atom is 0.0751 e. The predicted molar refractivity (Wildman–Crippen MR) is 71.8 cm³/mol. The molecule has 2 unspecified atom stereocenters. The van der Waals surface area contributed by atoms with E-state index in [1.54, 1.807) is 0 Å². The first-order valence-corrected chi connectivity index (χ1v) is 6.53. The zero-order valence-corrected chi connectivity index (χ0v) is 11.5. The normalized spacial score (nSPS) is 28.2. The highest BCUT2D eigenvalue weighted by Gasteiger charge is 2.34. The molecule has 0 heterocycles. The fourth-order valence-electron chi connectivity index (χ4n) is 2.38. The van der Waals surface area contributed by atoms with Crippen LogP contribution in [0.3, 0.4) is 0 Å². The van der Waals surface area contributed by atoms with Gasteiger partial charge in [0.25, 0.3) is 0 Å². The van der Waals surface area contributed by atoms with Crippen LogP contribution in [0, 0.1) is 5.92 Å². The first kappa shape index (κ1) is 14.5. The van der Waals surface area contributed by atoms with Crippen LogP contribution in [0.2, 0.25) is 0 Å². The van der Waals surface area contributed by atoms with Gasteiger partial charge in [-0.05, 0) is 64.9 Å². The first-order chi connectivity index (χ1) is 7.83. The average Bonchev–Trinajstić information content (AvgIpc) is 2.21. The van der Waals surface area contributed by atoms with E-state index in [1.807, 2.05) is 13.8 Å². The van der Waals surface area contributed by atoms with Gasteiger partial charge in [-0.2, -0.15) is 0 Å². The van der Waals surface area contributed by atoms with Crippen molar-refractivity contribution in [1.29, 1.82) is 0 Å². The summed E-state index contributed by atoms with van der Waals surface area (Å²) in [6, 6.07) is 0. The van der Waals surface area contributed by atoms with Gasteiger partial charge in [0.1, 0.15) is 0 Å². The number of hydrogen-bond acceptors (Lipinski definition) is 2. The van der Waals surface area contributed by atoms with E-state index in [-0.39, 0.29) is 12.0 Å². The molecule has 0 bridgehead atoms. The molecule has 0 amide bonds. The Morgan fingerprint density at radius 3 is 2.71 bits per heavy atom. The van der Waals surface area contributed by atoms with E-state index in [4.69, 9.17) is 0 Å². The lowest BCUT2D eigenvalue weighted by molar-refractivity contribution is -0.0270. The Hall–Kier alpha value is -0.600. The summed E-state index contributed by atoms with van der Waals surface area (Å²) in [5, 5.41) is 20.3. The van der Waals surface area contributed by atoms with Crippen molar-refractivity contribution in [2.45, 2.75) is 65.1 Å². The van der Waals surface area contributed by atoms with E-state index in [0.29, 0.717) is 6.42 Å². The maximum absolute atomic E-state index is 10.5. The molecule has 0 saturated carbocycles. The van der Waals surface area contributed by atoms with Crippen molar-refractivity contribution in [1.82, 2.24) is 0 Å². The standard InChI is InChI=1S/C15H26O2/c1-11(2)6-5-9-15(4,17)13-8-7-12(3)14(16)10-13/h6-7,13-14,16-17H,5,8-10H2,1-4H3/t13-,14?,15?/m0/s1. The molecule has 3 atom stereocenters. The van der Waals surface area contributed by atoms with Crippen molar-refractivity contribution in [3.05, 3.63) is 23.3 Å². The highest BCUT2D eigenvalue weighted by molar-refractivity contribution is 5.11. The summed E-state index contributed by atoms with van der Waals surface area (Å²) in [5.41, 5.74) is 1.66. The molecule has 0 radical (unpaired) electrons. The second kappa shape index (κ2) is 5.83.